The number of hydrogen-bond donors (Lipinski definition) is 0. The summed E-state index contributed by atoms with van der Waals surface area (Å²) in [4.78, 5) is 19.4. The number of furan rings is 1. The lowest BCUT2D eigenvalue weighted by Crippen LogP contribution is -2.00. The number of nitrogens with zero attached hydrogens (tertiary/aromatic N) is 5. The topological polar surface area (TPSA) is 69.6 Å². The molecule has 48 heavy (non-hydrogen) atoms. The van der Waals surface area contributed by atoms with Gasteiger partial charge in [0.2, 0.25) is 0 Å². The highest BCUT2D eigenvalue weighted by molar-refractivity contribution is 6.09. The second-order valence-corrected chi connectivity index (χ2v) is 12.0. The van der Waals surface area contributed by atoms with Crippen LogP contribution in [0.3, 0.4) is 0 Å². The summed E-state index contributed by atoms with van der Waals surface area (Å²) in [5.41, 5.74) is 7.66. The van der Waals surface area contributed by atoms with Crippen molar-refractivity contribution in [3.8, 4) is 39.9 Å². The SMILES string of the molecule is c1ccc2cc(-c3nc(-c4ccc(-n5c6ccccc6c6ccccc65)cc4)nc(-c4ccc5c(c4)oc4ccncc45)n3)ccc2c1. The fourth-order valence-electron chi connectivity index (χ4n) is 6.81. The summed E-state index contributed by atoms with van der Waals surface area (Å²) in [5.74, 6) is 1.79. The first kappa shape index (κ1) is 26.5. The Morgan fingerprint density at radius 1 is 0.438 bits per heavy atom. The first-order valence-corrected chi connectivity index (χ1v) is 15.9. The van der Waals surface area contributed by atoms with E-state index in [1.807, 2.05) is 30.5 Å². The van der Waals surface area contributed by atoms with Crippen LogP contribution in [0.5, 0.6) is 0 Å². The van der Waals surface area contributed by atoms with E-state index in [2.05, 4.69) is 125 Å². The molecule has 0 bridgehead atoms. The highest BCUT2D eigenvalue weighted by Gasteiger charge is 2.16. The molecule has 0 spiro atoms. The van der Waals surface area contributed by atoms with Crippen LogP contribution in [0.2, 0.25) is 0 Å². The van der Waals surface area contributed by atoms with E-state index in [0.717, 1.165) is 49.7 Å². The summed E-state index contributed by atoms with van der Waals surface area (Å²) in [5, 5.41) is 6.75. The molecule has 0 amide bonds. The Hall–Kier alpha value is -6.66. The Morgan fingerprint density at radius 2 is 1.04 bits per heavy atom. The van der Waals surface area contributed by atoms with Crippen molar-refractivity contribution in [3.63, 3.8) is 0 Å². The zero-order valence-electron chi connectivity index (χ0n) is 25.6. The molecule has 0 N–H and O–H groups in total. The molecule has 6 aromatic carbocycles. The van der Waals surface area contributed by atoms with Crippen molar-refractivity contribution in [3.05, 3.63) is 152 Å². The molecule has 0 aliphatic rings. The largest absolute Gasteiger partial charge is 0.456 e. The van der Waals surface area contributed by atoms with Gasteiger partial charge in [0.05, 0.1) is 11.0 Å². The molecule has 0 saturated carbocycles. The second kappa shape index (κ2) is 10.4. The van der Waals surface area contributed by atoms with Crippen molar-refractivity contribution in [1.82, 2.24) is 24.5 Å². The van der Waals surface area contributed by atoms with Crippen LogP contribution in [0.4, 0.5) is 0 Å². The third-order valence-corrected chi connectivity index (χ3v) is 9.14. The maximum Gasteiger partial charge on any atom is 0.164 e. The fourth-order valence-corrected chi connectivity index (χ4v) is 6.81. The molecule has 0 saturated heterocycles. The van der Waals surface area contributed by atoms with Gasteiger partial charge in [0.15, 0.2) is 17.5 Å². The Morgan fingerprint density at radius 3 is 1.79 bits per heavy atom. The summed E-state index contributed by atoms with van der Waals surface area (Å²) < 4.78 is 8.50. The molecular formula is C42H25N5O. The van der Waals surface area contributed by atoms with Gasteiger partial charge in [-0.2, -0.15) is 0 Å². The number of para-hydroxylation sites is 2. The Balaban J connectivity index is 1.13. The fraction of sp³-hybridized carbons (Fsp3) is 0. The lowest BCUT2D eigenvalue weighted by atomic mass is 10.1. The average Bonchev–Trinajstić information content (AvgIpc) is 3.70. The van der Waals surface area contributed by atoms with Gasteiger partial charge in [-0.05, 0) is 71.4 Å². The molecule has 0 aliphatic carbocycles. The van der Waals surface area contributed by atoms with E-state index in [9.17, 15) is 0 Å². The van der Waals surface area contributed by atoms with Gasteiger partial charge in [0.25, 0.3) is 0 Å². The molecule has 0 unspecified atom stereocenters. The normalized spacial score (nSPS) is 11.8. The van der Waals surface area contributed by atoms with Crippen LogP contribution in [0.1, 0.15) is 0 Å². The van der Waals surface area contributed by atoms with Crippen molar-refractivity contribution in [1.29, 1.82) is 0 Å². The molecule has 224 valence electrons. The van der Waals surface area contributed by atoms with Gasteiger partial charge in [-0.1, -0.05) is 78.9 Å². The minimum atomic E-state index is 0.579. The van der Waals surface area contributed by atoms with E-state index >= 15 is 0 Å². The van der Waals surface area contributed by atoms with Gasteiger partial charge in [0.1, 0.15) is 11.2 Å². The predicted octanol–water partition coefficient (Wildman–Crippen LogP) is 10.4. The van der Waals surface area contributed by atoms with Crippen LogP contribution in [0, 0.1) is 0 Å². The van der Waals surface area contributed by atoms with Crippen LogP contribution in [-0.2, 0) is 0 Å². The van der Waals surface area contributed by atoms with Gasteiger partial charge in [0, 0.05) is 56.3 Å². The van der Waals surface area contributed by atoms with Gasteiger partial charge in [-0.15, -0.1) is 0 Å². The average molecular weight is 616 g/mol. The Labute approximate surface area is 274 Å². The van der Waals surface area contributed by atoms with Gasteiger partial charge >= 0.3 is 0 Å². The van der Waals surface area contributed by atoms with E-state index in [0.29, 0.717) is 17.5 Å². The molecule has 6 nitrogen and oxygen atoms in total. The first-order valence-electron chi connectivity index (χ1n) is 15.9. The van der Waals surface area contributed by atoms with Crippen LogP contribution in [0.25, 0.3) is 94.4 Å². The van der Waals surface area contributed by atoms with E-state index in [1.54, 1.807) is 6.20 Å². The number of hydrogen-bond acceptors (Lipinski definition) is 5. The Kier molecular flexibility index (Phi) is 5.77. The zero-order valence-corrected chi connectivity index (χ0v) is 25.6. The zero-order chi connectivity index (χ0) is 31.6. The second-order valence-electron chi connectivity index (χ2n) is 12.0. The minimum absolute atomic E-state index is 0.579. The standard InChI is InChI=1S/C42H25N5O/c1-2-8-28-23-29(14-13-26(28)7-1)41-44-40(45-42(46-41)30-17-20-34-35-25-43-22-21-38(35)48-39(34)24-30)27-15-18-31(19-16-27)47-36-11-5-3-9-32(36)33-10-4-6-12-37(33)47/h1-25H. The minimum Gasteiger partial charge on any atom is -0.456 e. The lowest BCUT2D eigenvalue weighted by molar-refractivity contribution is 0.668. The van der Waals surface area contributed by atoms with Crippen molar-refractivity contribution in [2.45, 2.75) is 0 Å². The van der Waals surface area contributed by atoms with Crippen LogP contribution in [-0.4, -0.2) is 24.5 Å². The van der Waals surface area contributed by atoms with Gasteiger partial charge in [-0.25, -0.2) is 15.0 Å². The third-order valence-electron chi connectivity index (χ3n) is 9.14. The van der Waals surface area contributed by atoms with Crippen molar-refractivity contribution >= 4 is 54.5 Å². The van der Waals surface area contributed by atoms with Crippen LogP contribution < -0.4 is 0 Å². The molecule has 0 radical (unpaired) electrons. The highest BCUT2D eigenvalue weighted by Crippen LogP contribution is 2.34. The molecule has 10 rings (SSSR count). The van der Waals surface area contributed by atoms with Crippen LogP contribution in [0.15, 0.2) is 156 Å². The van der Waals surface area contributed by atoms with Crippen molar-refractivity contribution in [2.24, 2.45) is 0 Å². The van der Waals surface area contributed by atoms with Crippen molar-refractivity contribution in [2.75, 3.05) is 0 Å². The molecule has 0 aliphatic heterocycles. The molecule has 10 aromatic rings. The summed E-state index contributed by atoms with van der Waals surface area (Å²) in [6, 6.07) is 48.2. The number of rotatable bonds is 4. The third kappa shape index (κ3) is 4.20. The molecule has 4 heterocycles. The summed E-state index contributed by atoms with van der Waals surface area (Å²) in [6.07, 6.45) is 3.58. The van der Waals surface area contributed by atoms with Gasteiger partial charge in [-0.3, -0.25) is 4.98 Å². The smallest absolute Gasteiger partial charge is 0.164 e. The number of benzene rings is 6. The molecule has 6 heteroatoms. The first-order chi connectivity index (χ1) is 23.8. The van der Waals surface area contributed by atoms with Gasteiger partial charge < -0.3 is 8.98 Å². The number of pyridine rings is 1. The maximum atomic E-state index is 6.19. The molecular weight excluding hydrogens is 590 g/mol. The quantitative estimate of drug-likeness (QED) is 0.197. The Bertz CT molecular complexity index is 2800. The van der Waals surface area contributed by atoms with E-state index in [4.69, 9.17) is 19.4 Å². The monoisotopic (exact) mass is 615 g/mol. The van der Waals surface area contributed by atoms with E-state index in [-0.39, 0.29) is 0 Å². The molecule has 0 atom stereocenters. The number of aromatic nitrogens is 5. The summed E-state index contributed by atoms with van der Waals surface area (Å²) in [7, 11) is 0. The van der Waals surface area contributed by atoms with Crippen molar-refractivity contribution < 1.29 is 4.42 Å². The van der Waals surface area contributed by atoms with Crippen LogP contribution >= 0.6 is 0 Å². The summed E-state index contributed by atoms with van der Waals surface area (Å²) >= 11 is 0. The highest BCUT2D eigenvalue weighted by atomic mass is 16.3. The summed E-state index contributed by atoms with van der Waals surface area (Å²) in [6.45, 7) is 0. The van der Waals surface area contributed by atoms with E-state index in [1.165, 1.54) is 27.2 Å². The molecule has 4 aromatic heterocycles. The maximum absolute atomic E-state index is 6.19. The molecule has 0 fully saturated rings. The van der Waals surface area contributed by atoms with E-state index < -0.39 is 0 Å². The lowest BCUT2D eigenvalue weighted by Gasteiger charge is -2.11. The number of fused-ring (bicyclic) bond motifs is 7. The predicted molar refractivity (Wildman–Crippen MR) is 193 cm³/mol.